The molecule has 5 nitrogen and oxygen atoms in total. The highest BCUT2D eigenvalue weighted by Gasteiger charge is 2.44. The van der Waals surface area contributed by atoms with Gasteiger partial charge >= 0.3 is 5.97 Å². The van der Waals surface area contributed by atoms with Gasteiger partial charge in [0.15, 0.2) is 14.1 Å². The zero-order chi connectivity index (χ0) is 25.9. The number of carbonyl (C=O) groups excluding carboxylic acids is 1. The molecule has 0 aromatic heterocycles. The van der Waals surface area contributed by atoms with Gasteiger partial charge < -0.3 is 18.6 Å². The van der Waals surface area contributed by atoms with Gasteiger partial charge in [0.25, 0.3) is 0 Å². The summed E-state index contributed by atoms with van der Waals surface area (Å²) in [7, 11) is -1.95. The third kappa shape index (κ3) is 7.39. The average Bonchev–Trinajstić information content (AvgIpc) is 2.97. The highest BCUT2D eigenvalue weighted by Crippen LogP contribution is 2.43. The van der Waals surface area contributed by atoms with Crippen molar-refractivity contribution in [2.75, 3.05) is 13.2 Å². The molecule has 1 aliphatic carbocycles. The van der Waals surface area contributed by atoms with Gasteiger partial charge in [0, 0.05) is 12.0 Å². The van der Waals surface area contributed by atoms with E-state index in [4.69, 9.17) is 18.6 Å². The van der Waals surface area contributed by atoms with Crippen LogP contribution in [-0.4, -0.2) is 45.5 Å². The number of carbonyl (C=O) groups is 1. The van der Waals surface area contributed by atoms with Gasteiger partial charge in [-0.2, -0.15) is 0 Å². The van der Waals surface area contributed by atoms with E-state index in [-0.39, 0.29) is 28.6 Å². The Labute approximate surface area is 209 Å². The van der Waals surface area contributed by atoms with Gasteiger partial charge in [0.05, 0.1) is 19.3 Å². The summed E-state index contributed by atoms with van der Waals surface area (Å²) in [6.07, 6.45) is 7.09. The minimum Gasteiger partial charge on any atom is -0.463 e. The molecule has 2 atom stereocenters. The Morgan fingerprint density at radius 3 is 2.35 bits per heavy atom. The highest BCUT2D eigenvalue weighted by atomic mass is 28.4. The normalized spacial score (nSPS) is 26.7. The van der Waals surface area contributed by atoms with Crippen molar-refractivity contribution in [2.45, 2.75) is 117 Å². The van der Waals surface area contributed by atoms with E-state index >= 15 is 0 Å². The predicted molar refractivity (Wildman–Crippen MR) is 141 cm³/mol. The summed E-state index contributed by atoms with van der Waals surface area (Å²) < 4.78 is 24.3. The van der Waals surface area contributed by atoms with Gasteiger partial charge in [-0.1, -0.05) is 58.9 Å². The molecule has 1 saturated heterocycles. The molecule has 0 N–H and O–H groups in total. The Balaban J connectivity index is 2.29. The topological polar surface area (TPSA) is 54.0 Å². The molecule has 2 rings (SSSR count). The summed E-state index contributed by atoms with van der Waals surface area (Å²) >= 11 is 0. The lowest BCUT2D eigenvalue weighted by molar-refractivity contribution is -0.149. The first-order valence-electron chi connectivity index (χ1n) is 12.8. The molecule has 0 radical (unpaired) electrons. The number of esters is 1. The van der Waals surface area contributed by atoms with Crippen molar-refractivity contribution in [2.24, 2.45) is 5.41 Å². The van der Waals surface area contributed by atoms with E-state index < -0.39 is 14.1 Å². The Hall–Kier alpha value is -1.21. The monoisotopic (exact) mass is 492 g/mol. The number of ether oxygens (including phenoxy) is 3. The van der Waals surface area contributed by atoms with Crippen LogP contribution in [-0.2, 0) is 23.4 Å². The first-order chi connectivity index (χ1) is 15.5. The minimum absolute atomic E-state index is 0.0418. The molecular weight excluding hydrogens is 444 g/mol. The van der Waals surface area contributed by atoms with E-state index in [9.17, 15) is 4.79 Å². The maximum absolute atomic E-state index is 12.9. The van der Waals surface area contributed by atoms with E-state index in [1.807, 2.05) is 26.8 Å². The van der Waals surface area contributed by atoms with Crippen LogP contribution < -0.4 is 0 Å². The first kappa shape index (κ1) is 29.0. The Morgan fingerprint density at radius 1 is 1.18 bits per heavy atom. The molecule has 0 aromatic carbocycles. The van der Waals surface area contributed by atoms with Gasteiger partial charge in [-0.15, -0.1) is 0 Å². The molecule has 1 aliphatic heterocycles. The maximum atomic E-state index is 12.9. The fourth-order valence-electron chi connectivity index (χ4n) is 4.41. The average molecular weight is 493 g/mol. The molecule has 1 saturated carbocycles. The molecular formula is C28H48O5Si. The second-order valence-corrected chi connectivity index (χ2v) is 17.1. The zero-order valence-corrected chi connectivity index (χ0v) is 24.3. The first-order valence-corrected chi connectivity index (χ1v) is 15.7. The zero-order valence-electron chi connectivity index (χ0n) is 23.3. The second-order valence-electron chi connectivity index (χ2n) is 12.3. The summed E-state index contributed by atoms with van der Waals surface area (Å²) in [5.41, 5.74) is 2.99. The van der Waals surface area contributed by atoms with Crippen LogP contribution in [0.1, 0.15) is 81.1 Å². The fourth-order valence-corrected chi connectivity index (χ4v) is 5.42. The van der Waals surface area contributed by atoms with Crippen molar-refractivity contribution in [3.05, 3.63) is 35.5 Å². The van der Waals surface area contributed by atoms with Crippen molar-refractivity contribution in [3.63, 3.8) is 0 Å². The van der Waals surface area contributed by atoms with Crippen LogP contribution in [0.15, 0.2) is 35.5 Å². The third-order valence-electron chi connectivity index (χ3n) is 7.50. The number of rotatable bonds is 8. The molecule has 1 heterocycles. The van der Waals surface area contributed by atoms with Gasteiger partial charge in [0.2, 0.25) is 0 Å². The molecule has 0 spiro atoms. The van der Waals surface area contributed by atoms with Gasteiger partial charge in [-0.3, -0.25) is 0 Å². The van der Waals surface area contributed by atoms with E-state index in [1.165, 1.54) is 5.57 Å². The Bertz CT molecular complexity index is 813. The van der Waals surface area contributed by atoms with E-state index in [1.54, 1.807) is 0 Å². The van der Waals surface area contributed by atoms with Gasteiger partial charge in [-0.25, -0.2) is 4.79 Å². The SMILES string of the molecule is C=C1CCCC(C)(C)/C1=C/C=C(\C[C@@H]1OC(C)(C)O[C@H]1CO[Si](C)(C)C(C)(C)C)C(=O)OCC. The summed E-state index contributed by atoms with van der Waals surface area (Å²) in [6, 6.07) is 0. The fraction of sp³-hybridized carbons (Fsp3) is 0.750. The lowest BCUT2D eigenvalue weighted by Gasteiger charge is -2.37. The third-order valence-corrected chi connectivity index (χ3v) is 12.0. The van der Waals surface area contributed by atoms with Crippen molar-refractivity contribution in [3.8, 4) is 0 Å². The van der Waals surface area contributed by atoms with Crippen molar-refractivity contribution in [1.82, 2.24) is 0 Å². The molecule has 0 aromatic rings. The lowest BCUT2D eigenvalue weighted by atomic mass is 9.71. The molecule has 34 heavy (non-hydrogen) atoms. The standard InChI is InChI=1S/C28H48O5Si/c1-12-30-25(29)21(15-16-22-20(2)14-13-17-27(22,6)7)18-23-24(33-28(8,9)32-23)19-31-34(10,11)26(3,4)5/h15-16,23-24H,2,12-14,17-19H2,1,3-11H3/b21-15+,22-16+/t23-,24-/m0/s1. The van der Waals surface area contributed by atoms with Crippen LogP contribution in [0, 0.1) is 5.41 Å². The largest absolute Gasteiger partial charge is 0.463 e. The van der Waals surface area contributed by atoms with Crippen LogP contribution in [0.4, 0.5) is 0 Å². The summed E-state index contributed by atoms with van der Waals surface area (Å²) in [4.78, 5) is 12.9. The van der Waals surface area contributed by atoms with Crippen LogP contribution in [0.2, 0.25) is 18.1 Å². The van der Waals surface area contributed by atoms with Crippen LogP contribution in [0.5, 0.6) is 0 Å². The van der Waals surface area contributed by atoms with Gasteiger partial charge in [0.1, 0.15) is 6.10 Å². The Kier molecular flexibility index (Phi) is 9.23. The minimum atomic E-state index is -1.95. The number of allylic oxidation sites excluding steroid dienone is 4. The quantitative estimate of drug-likeness (QED) is 0.205. The maximum Gasteiger partial charge on any atom is 0.334 e. The molecule has 0 unspecified atom stereocenters. The van der Waals surface area contributed by atoms with E-state index in [2.05, 4.69) is 60.4 Å². The summed E-state index contributed by atoms with van der Waals surface area (Å²) in [5, 5.41) is 0.106. The molecule has 0 amide bonds. The smallest absolute Gasteiger partial charge is 0.334 e. The molecule has 2 fully saturated rings. The highest BCUT2D eigenvalue weighted by molar-refractivity contribution is 6.74. The van der Waals surface area contributed by atoms with Crippen LogP contribution in [0.25, 0.3) is 0 Å². The van der Waals surface area contributed by atoms with Crippen molar-refractivity contribution in [1.29, 1.82) is 0 Å². The van der Waals surface area contributed by atoms with Crippen molar-refractivity contribution < 1.29 is 23.4 Å². The van der Waals surface area contributed by atoms with Crippen LogP contribution >= 0.6 is 0 Å². The van der Waals surface area contributed by atoms with E-state index in [0.717, 1.165) is 24.8 Å². The van der Waals surface area contributed by atoms with Crippen molar-refractivity contribution >= 4 is 14.3 Å². The molecule has 2 aliphatic rings. The molecule has 194 valence electrons. The Morgan fingerprint density at radius 2 is 1.79 bits per heavy atom. The van der Waals surface area contributed by atoms with E-state index in [0.29, 0.717) is 25.2 Å². The summed E-state index contributed by atoms with van der Waals surface area (Å²) in [6.45, 7) is 26.3. The van der Waals surface area contributed by atoms with Crippen LogP contribution in [0.3, 0.4) is 0 Å². The predicted octanol–water partition coefficient (Wildman–Crippen LogP) is 7.10. The number of hydrogen-bond donors (Lipinski definition) is 0. The lowest BCUT2D eigenvalue weighted by Crippen LogP contribution is -2.44. The van der Waals surface area contributed by atoms with Gasteiger partial charge in [-0.05, 0) is 69.2 Å². The molecule has 6 heteroatoms. The second kappa shape index (κ2) is 10.8. The summed E-state index contributed by atoms with van der Waals surface area (Å²) in [5.74, 6) is -1.04. The molecule has 0 bridgehead atoms. The number of hydrogen-bond acceptors (Lipinski definition) is 5.